The quantitative estimate of drug-likeness (QED) is 0.438. The number of aliphatic carboxylic acids is 1. The Hall–Kier alpha value is -0.570. The first-order chi connectivity index (χ1) is 2.80. The highest BCUT2D eigenvalue weighted by Gasteiger charge is 2.30. The van der Waals surface area contributed by atoms with Gasteiger partial charge in [-0.25, -0.2) is 4.79 Å². The lowest BCUT2D eigenvalue weighted by molar-refractivity contribution is -0.138. The summed E-state index contributed by atoms with van der Waals surface area (Å²) in [5, 5.41) is 7.93. The molecule has 0 aromatic rings. The highest BCUT2D eigenvalue weighted by atomic mass is 16.6. The maximum absolute atomic E-state index is 9.64. The van der Waals surface area contributed by atoms with Gasteiger partial charge < -0.3 is 9.84 Å². The van der Waals surface area contributed by atoms with E-state index < -0.39 is 12.1 Å². The Bertz CT molecular complexity index is 74.1. The molecule has 0 aromatic heterocycles. The number of epoxide rings is 1. The summed E-state index contributed by atoms with van der Waals surface area (Å²) in [6.45, 7) is 0.398. The molecule has 1 unspecified atom stereocenters. The van der Waals surface area contributed by atoms with Crippen LogP contribution < -0.4 is 0 Å². The molecule has 1 N–H and O–H groups in total. The highest BCUT2D eigenvalue weighted by molar-refractivity contribution is 5.74. The van der Waals surface area contributed by atoms with Crippen LogP contribution in [0.5, 0.6) is 0 Å². The van der Waals surface area contributed by atoms with Crippen molar-refractivity contribution in [3.63, 3.8) is 0 Å². The molecule has 1 saturated heterocycles. The van der Waals surface area contributed by atoms with Crippen LogP contribution in [0, 0.1) is 0 Å². The molecule has 1 fully saturated rings. The monoisotopic (exact) mass is 88.0 g/mol. The van der Waals surface area contributed by atoms with E-state index >= 15 is 0 Å². The van der Waals surface area contributed by atoms with Crippen molar-refractivity contribution in [2.45, 2.75) is 6.10 Å². The number of carboxylic acids is 1. The highest BCUT2D eigenvalue weighted by Crippen LogP contribution is 2.06. The normalized spacial score (nSPS) is 29.7. The molecule has 0 radical (unpaired) electrons. The van der Waals surface area contributed by atoms with E-state index in [-0.39, 0.29) is 0 Å². The topological polar surface area (TPSA) is 49.8 Å². The van der Waals surface area contributed by atoms with Crippen molar-refractivity contribution in [1.29, 1.82) is 0 Å². The van der Waals surface area contributed by atoms with Crippen molar-refractivity contribution in [3.05, 3.63) is 0 Å². The number of ether oxygens (including phenoxy) is 1. The number of hydrogen-bond donors (Lipinski definition) is 1. The van der Waals surface area contributed by atoms with Gasteiger partial charge in [-0.2, -0.15) is 0 Å². The van der Waals surface area contributed by atoms with Crippen molar-refractivity contribution in [2.24, 2.45) is 0 Å². The van der Waals surface area contributed by atoms with E-state index in [0.717, 1.165) is 0 Å². The molecule has 1 aliphatic rings. The minimum Gasteiger partial charge on any atom is -0.479 e. The average molecular weight is 88.1 g/mol. The molecule has 34 valence electrons. The maximum Gasteiger partial charge on any atom is 0.335 e. The van der Waals surface area contributed by atoms with Gasteiger partial charge in [0.05, 0.1) is 6.61 Å². The summed E-state index contributed by atoms with van der Waals surface area (Å²) < 4.78 is 4.37. The smallest absolute Gasteiger partial charge is 0.335 e. The van der Waals surface area contributed by atoms with Crippen molar-refractivity contribution >= 4 is 5.97 Å². The van der Waals surface area contributed by atoms with Crippen molar-refractivity contribution in [1.82, 2.24) is 0 Å². The van der Waals surface area contributed by atoms with Gasteiger partial charge in [-0.15, -0.1) is 0 Å². The first-order valence-electron chi connectivity index (χ1n) is 1.65. The molecule has 0 aromatic carbocycles. The molecule has 3 heteroatoms. The number of carbonyl (C=O) groups is 1. The van der Waals surface area contributed by atoms with E-state index in [9.17, 15) is 4.79 Å². The molecule has 1 atom stereocenters. The van der Waals surface area contributed by atoms with Crippen LogP contribution in [0.25, 0.3) is 0 Å². The Balaban J connectivity index is 2.31. The zero-order valence-corrected chi connectivity index (χ0v) is 3.05. The Labute approximate surface area is 34.5 Å². The van der Waals surface area contributed by atoms with E-state index in [1.54, 1.807) is 0 Å². The molecular formula is C3H4O3. The van der Waals surface area contributed by atoms with Crippen LogP contribution >= 0.6 is 0 Å². The fourth-order valence-corrected chi connectivity index (χ4v) is 0.191. The Morgan fingerprint density at radius 2 is 2.50 bits per heavy atom. The van der Waals surface area contributed by atoms with E-state index in [2.05, 4.69) is 4.74 Å². The SMILES string of the molecule is O=C(O)C1CO1. The molecule has 0 spiro atoms. The molecule has 0 amide bonds. The van der Waals surface area contributed by atoms with Gasteiger partial charge in [-0.05, 0) is 0 Å². The van der Waals surface area contributed by atoms with E-state index in [0.29, 0.717) is 6.61 Å². The van der Waals surface area contributed by atoms with Gasteiger partial charge >= 0.3 is 5.97 Å². The van der Waals surface area contributed by atoms with Crippen molar-refractivity contribution in [3.8, 4) is 0 Å². The van der Waals surface area contributed by atoms with Gasteiger partial charge in [0.1, 0.15) is 0 Å². The van der Waals surface area contributed by atoms with Gasteiger partial charge in [0, 0.05) is 0 Å². The van der Waals surface area contributed by atoms with Gasteiger partial charge in [0.25, 0.3) is 0 Å². The summed E-state index contributed by atoms with van der Waals surface area (Å²) in [7, 11) is 0. The second-order valence-corrected chi connectivity index (χ2v) is 1.16. The standard InChI is InChI=1S/C3H4O3/c4-3(5)2-1-6-2/h2H,1H2,(H,4,5). The average Bonchev–Trinajstić information content (AvgIpc) is 2.06. The number of carboxylic acid groups (broad SMARTS) is 1. The molecule has 3 nitrogen and oxygen atoms in total. The third kappa shape index (κ3) is 0.490. The van der Waals surface area contributed by atoms with Crippen LogP contribution in [0.4, 0.5) is 0 Å². The number of hydrogen-bond acceptors (Lipinski definition) is 2. The molecule has 0 saturated carbocycles. The third-order valence-electron chi connectivity index (χ3n) is 0.609. The Morgan fingerprint density at radius 1 is 2.00 bits per heavy atom. The van der Waals surface area contributed by atoms with E-state index in [4.69, 9.17) is 5.11 Å². The summed E-state index contributed by atoms with van der Waals surface area (Å²) in [4.78, 5) is 9.64. The Kier molecular flexibility index (Phi) is 0.569. The van der Waals surface area contributed by atoms with Crippen LogP contribution in [0.1, 0.15) is 0 Å². The van der Waals surface area contributed by atoms with E-state index in [1.807, 2.05) is 0 Å². The minimum absolute atomic E-state index is 0.398. The van der Waals surface area contributed by atoms with Crippen LogP contribution in [0.3, 0.4) is 0 Å². The maximum atomic E-state index is 9.64. The third-order valence-corrected chi connectivity index (χ3v) is 0.609. The first-order valence-corrected chi connectivity index (χ1v) is 1.65. The second kappa shape index (κ2) is 0.944. The summed E-state index contributed by atoms with van der Waals surface area (Å²) in [5.41, 5.74) is 0. The van der Waals surface area contributed by atoms with Gasteiger partial charge in [0.15, 0.2) is 6.10 Å². The summed E-state index contributed by atoms with van der Waals surface area (Å²) >= 11 is 0. The van der Waals surface area contributed by atoms with Crippen molar-refractivity contribution < 1.29 is 14.6 Å². The summed E-state index contributed by atoms with van der Waals surface area (Å²) in [6.07, 6.45) is -0.481. The van der Waals surface area contributed by atoms with Crippen molar-refractivity contribution in [2.75, 3.05) is 6.61 Å². The van der Waals surface area contributed by atoms with E-state index in [1.165, 1.54) is 0 Å². The first kappa shape index (κ1) is 3.61. The lowest BCUT2D eigenvalue weighted by atomic mass is 10.5. The lowest BCUT2D eigenvalue weighted by Gasteiger charge is -1.72. The fraction of sp³-hybridized carbons (Fsp3) is 0.667. The zero-order chi connectivity index (χ0) is 4.57. The zero-order valence-electron chi connectivity index (χ0n) is 3.05. The molecule has 0 aliphatic carbocycles. The van der Waals surface area contributed by atoms with Crippen LogP contribution in [0.15, 0.2) is 0 Å². The number of rotatable bonds is 1. The van der Waals surface area contributed by atoms with Crippen LogP contribution in [-0.2, 0) is 9.53 Å². The van der Waals surface area contributed by atoms with Gasteiger partial charge in [-0.3, -0.25) is 0 Å². The lowest BCUT2D eigenvalue weighted by Crippen LogP contribution is -2.02. The molecule has 1 aliphatic heterocycles. The molecule has 0 bridgehead atoms. The predicted octanol–water partition coefficient (Wildman–Crippen LogP) is -0.530. The van der Waals surface area contributed by atoms with Crippen LogP contribution in [-0.4, -0.2) is 23.8 Å². The molecular weight excluding hydrogens is 84.0 g/mol. The molecule has 1 rings (SSSR count). The summed E-state index contributed by atoms with van der Waals surface area (Å²) in [6, 6.07) is 0. The van der Waals surface area contributed by atoms with Gasteiger partial charge in [0.2, 0.25) is 0 Å². The second-order valence-electron chi connectivity index (χ2n) is 1.16. The van der Waals surface area contributed by atoms with Gasteiger partial charge in [-0.1, -0.05) is 0 Å². The summed E-state index contributed by atoms with van der Waals surface area (Å²) in [5.74, 6) is -0.852. The minimum atomic E-state index is -0.852. The van der Waals surface area contributed by atoms with Crippen LogP contribution in [0.2, 0.25) is 0 Å². The Morgan fingerprint density at radius 3 is 2.50 bits per heavy atom. The molecule has 6 heavy (non-hydrogen) atoms. The largest absolute Gasteiger partial charge is 0.479 e. The molecule has 1 heterocycles. The fourth-order valence-electron chi connectivity index (χ4n) is 0.191. The predicted molar refractivity (Wildman–Crippen MR) is 17.4 cm³/mol.